The molecule has 0 spiro atoms. The lowest BCUT2D eigenvalue weighted by Crippen LogP contribution is -2.36. The molecule has 0 bridgehead atoms. The monoisotopic (exact) mass is 342 g/mol. The SMILES string of the molecule is Cc1ccc(C(=O)N2CCCN(CCBr)CC2)c(F)c1. The highest BCUT2D eigenvalue weighted by atomic mass is 79.9. The summed E-state index contributed by atoms with van der Waals surface area (Å²) in [6, 6.07) is 4.79. The Hall–Kier alpha value is -0.940. The van der Waals surface area contributed by atoms with Crippen LogP contribution in [0.15, 0.2) is 18.2 Å². The van der Waals surface area contributed by atoms with Crippen LogP contribution in [0.5, 0.6) is 0 Å². The summed E-state index contributed by atoms with van der Waals surface area (Å²) in [5.41, 5.74) is 1.02. The van der Waals surface area contributed by atoms with E-state index in [-0.39, 0.29) is 11.5 Å². The highest BCUT2D eigenvalue weighted by Crippen LogP contribution is 2.14. The standard InChI is InChI=1S/C15H20BrFN2O/c1-12-3-4-13(14(17)11-12)15(20)19-7-2-6-18(8-5-16)9-10-19/h3-4,11H,2,5-10H2,1H3. The Morgan fingerprint density at radius 3 is 2.80 bits per heavy atom. The molecule has 0 unspecified atom stereocenters. The highest BCUT2D eigenvalue weighted by molar-refractivity contribution is 9.09. The fraction of sp³-hybridized carbons (Fsp3) is 0.533. The molecule has 1 heterocycles. The Bertz CT molecular complexity index is 481. The lowest BCUT2D eigenvalue weighted by Gasteiger charge is -2.21. The fourth-order valence-corrected chi connectivity index (χ4v) is 2.98. The van der Waals surface area contributed by atoms with E-state index in [1.165, 1.54) is 6.07 Å². The van der Waals surface area contributed by atoms with Crippen LogP contribution in [0, 0.1) is 12.7 Å². The fourth-order valence-electron chi connectivity index (χ4n) is 2.48. The Morgan fingerprint density at radius 2 is 2.10 bits per heavy atom. The van der Waals surface area contributed by atoms with Gasteiger partial charge in [0.2, 0.25) is 0 Å². The van der Waals surface area contributed by atoms with Crippen LogP contribution in [0.25, 0.3) is 0 Å². The molecule has 20 heavy (non-hydrogen) atoms. The van der Waals surface area contributed by atoms with Crippen LogP contribution >= 0.6 is 15.9 Å². The smallest absolute Gasteiger partial charge is 0.256 e. The molecule has 1 amide bonds. The van der Waals surface area contributed by atoms with Gasteiger partial charge in [-0.25, -0.2) is 4.39 Å². The highest BCUT2D eigenvalue weighted by Gasteiger charge is 2.22. The Morgan fingerprint density at radius 1 is 1.30 bits per heavy atom. The molecule has 1 aromatic rings. The quantitative estimate of drug-likeness (QED) is 0.788. The zero-order valence-corrected chi connectivity index (χ0v) is 13.3. The summed E-state index contributed by atoms with van der Waals surface area (Å²) in [6.07, 6.45) is 0.937. The summed E-state index contributed by atoms with van der Waals surface area (Å²) in [7, 11) is 0. The first kappa shape index (κ1) is 15.4. The summed E-state index contributed by atoms with van der Waals surface area (Å²) in [6.45, 7) is 6.02. The van der Waals surface area contributed by atoms with Gasteiger partial charge >= 0.3 is 0 Å². The lowest BCUT2D eigenvalue weighted by molar-refractivity contribution is 0.0757. The number of hydrogen-bond donors (Lipinski definition) is 0. The van der Waals surface area contributed by atoms with Crippen LogP contribution in [-0.4, -0.2) is 53.8 Å². The predicted molar refractivity (Wildman–Crippen MR) is 81.9 cm³/mol. The van der Waals surface area contributed by atoms with E-state index in [0.29, 0.717) is 13.1 Å². The third-order valence-electron chi connectivity index (χ3n) is 3.63. The van der Waals surface area contributed by atoms with Crippen molar-refractivity contribution in [2.75, 3.05) is 38.1 Å². The largest absolute Gasteiger partial charge is 0.337 e. The van der Waals surface area contributed by atoms with Crippen LogP contribution in [0.1, 0.15) is 22.3 Å². The van der Waals surface area contributed by atoms with E-state index in [0.717, 1.165) is 36.9 Å². The van der Waals surface area contributed by atoms with E-state index in [1.807, 2.05) is 6.92 Å². The van der Waals surface area contributed by atoms with Crippen LogP contribution in [-0.2, 0) is 0 Å². The number of carbonyl (C=O) groups excluding carboxylic acids is 1. The van der Waals surface area contributed by atoms with Crippen molar-refractivity contribution in [1.82, 2.24) is 9.80 Å². The second kappa shape index (κ2) is 7.18. The summed E-state index contributed by atoms with van der Waals surface area (Å²) >= 11 is 3.44. The van der Waals surface area contributed by atoms with Crippen LogP contribution < -0.4 is 0 Å². The molecule has 1 aliphatic rings. The Kier molecular flexibility index (Phi) is 5.54. The Labute approximate surface area is 127 Å². The molecule has 0 atom stereocenters. The molecule has 0 radical (unpaired) electrons. The van der Waals surface area contributed by atoms with Gasteiger partial charge in [0, 0.05) is 31.5 Å². The van der Waals surface area contributed by atoms with E-state index in [2.05, 4.69) is 20.8 Å². The maximum atomic E-state index is 13.9. The van der Waals surface area contributed by atoms with Crippen molar-refractivity contribution in [3.05, 3.63) is 35.1 Å². The zero-order valence-electron chi connectivity index (χ0n) is 11.7. The van der Waals surface area contributed by atoms with Crippen molar-refractivity contribution in [2.24, 2.45) is 0 Å². The average Bonchev–Trinajstić information content (AvgIpc) is 2.64. The molecule has 1 saturated heterocycles. The molecule has 0 N–H and O–H groups in total. The first-order valence-corrected chi connectivity index (χ1v) is 8.07. The molecule has 1 fully saturated rings. The van der Waals surface area contributed by atoms with Crippen molar-refractivity contribution in [3.63, 3.8) is 0 Å². The van der Waals surface area contributed by atoms with Gasteiger partial charge < -0.3 is 9.80 Å². The predicted octanol–water partition coefficient (Wildman–Crippen LogP) is 2.68. The van der Waals surface area contributed by atoms with Gasteiger partial charge in [-0.15, -0.1) is 0 Å². The van der Waals surface area contributed by atoms with Crippen molar-refractivity contribution < 1.29 is 9.18 Å². The second-order valence-corrected chi connectivity index (χ2v) is 5.95. The molecule has 0 aromatic heterocycles. The van der Waals surface area contributed by atoms with Crippen LogP contribution in [0.3, 0.4) is 0 Å². The summed E-state index contributed by atoms with van der Waals surface area (Å²) < 4.78 is 13.9. The number of aryl methyl sites for hydroxylation is 1. The maximum Gasteiger partial charge on any atom is 0.256 e. The second-order valence-electron chi connectivity index (χ2n) is 5.16. The molecule has 0 aliphatic carbocycles. The number of hydrogen-bond acceptors (Lipinski definition) is 2. The maximum absolute atomic E-state index is 13.9. The average molecular weight is 343 g/mol. The molecule has 1 aromatic carbocycles. The molecular weight excluding hydrogens is 323 g/mol. The molecule has 110 valence electrons. The van der Waals surface area contributed by atoms with E-state index < -0.39 is 5.82 Å². The minimum atomic E-state index is -0.420. The van der Waals surface area contributed by atoms with Gasteiger partial charge in [0.1, 0.15) is 5.82 Å². The minimum Gasteiger partial charge on any atom is -0.337 e. The number of rotatable bonds is 3. The van der Waals surface area contributed by atoms with Gasteiger partial charge in [0.25, 0.3) is 5.91 Å². The molecular formula is C15H20BrFN2O. The van der Waals surface area contributed by atoms with Gasteiger partial charge in [-0.1, -0.05) is 22.0 Å². The van der Waals surface area contributed by atoms with E-state index in [4.69, 9.17) is 0 Å². The van der Waals surface area contributed by atoms with Crippen molar-refractivity contribution in [3.8, 4) is 0 Å². The molecule has 1 aliphatic heterocycles. The number of benzene rings is 1. The number of nitrogens with zero attached hydrogens (tertiary/aromatic N) is 2. The topological polar surface area (TPSA) is 23.6 Å². The van der Waals surface area contributed by atoms with Crippen molar-refractivity contribution in [2.45, 2.75) is 13.3 Å². The summed E-state index contributed by atoms with van der Waals surface area (Å²) in [5.74, 6) is -0.611. The molecule has 5 heteroatoms. The van der Waals surface area contributed by atoms with E-state index >= 15 is 0 Å². The van der Waals surface area contributed by atoms with Crippen LogP contribution in [0.4, 0.5) is 4.39 Å². The first-order valence-electron chi connectivity index (χ1n) is 6.95. The summed E-state index contributed by atoms with van der Waals surface area (Å²) in [5, 5.41) is 0.938. The van der Waals surface area contributed by atoms with Gasteiger partial charge in [-0.05, 0) is 37.6 Å². The van der Waals surface area contributed by atoms with Gasteiger partial charge in [0.15, 0.2) is 0 Å². The first-order chi connectivity index (χ1) is 9.61. The molecule has 2 rings (SSSR count). The third-order valence-corrected chi connectivity index (χ3v) is 3.99. The number of amides is 1. The van der Waals surface area contributed by atoms with Crippen molar-refractivity contribution >= 4 is 21.8 Å². The number of halogens is 2. The Balaban J connectivity index is 2.05. The minimum absolute atomic E-state index is 0.185. The normalized spacial score (nSPS) is 17.1. The number of carbonyl (C=O) groups is 1. The van der Waals surface area contributed by atoms with Gasteiger partial charge in [0.05, 0.1) is 5.56 Å². The zero-order chi connectivity index (χ0) is 14.5. The molecule has 0 saturated carbocycles. The van der Waals surface area contributed by atoms with Crippen molar-refractivity contribution in [1.29, 1.82) is 0 Å². The summed E-state index contributed by atoms with van der Waals surface area (Å²) in [4.78, 5) is 16.5. The van der Waals surface area contributed by atoms with Gasteiger partial charge in [-0.3, -0.25) is 4.79 Å². The van der Waals surface area contributed by atoms with E-state index in [1.54, 1.807) is 17.0 Å². The lowest BCUT2D eigenvalue weighted by atomic mass is 10.1. The van der Waals surface area contributed by atoms with Crippen LogP contribution in [0.2, 0.25) is 0 Å². The van der Waals surface area contributed by atoms with Gasteiger partial charge in [-0.2, -0.15) is 0 Å². The number of alkyl halides is 1. The third kappa shape index (κ3) is 3.79. The molecule has 3 nitrogen and oxygen atoms in total. The van der Waals surface area contributed by atoms with E-state index in [9.17, 15) is 9.18 Å².